The maximum atomic E-state index is 13.8. The lowest BCUT2D eigenvalue weighted by Crippen LogP contribution is -2.01. The van der Waals surface area contributed by atoms with E-state index in [-0.39, 0.29) is 11.2 Å². The summed E-state index contributed by atoms with van der Waals surface area (Å²) in [6.07, 6.45) is 2.33. The zero-order valence-electron chi connectivity index (χ0n) is 10.5. The quantitative estimate of drug-likeness (QED) is 0.750. The van der Waals surface area contributed by atoms with Crippen LogP contribution in [0.2, 0.25) is 0 Å². The highest BCUT2D eigenvalue weighted by Gasteiger charge is 2.14. The number of hydrogen-bond acceptors (Lipinski definition) is 1. The Bertz CT molecular complexity index is 537. The Hall–Kier alpha value is -1.41. The van der Waals surface area contributed by atoms with Crippen LogP contribution in [-0.2, 0) is 6.42 Å². The van der Waals surface area contributed by atoms with Crippen LogP contribution in [0, 0.1) is 19.7 Å². The summed E-state index contributed by atoms with van der Waals surface area (Å²) in [6, 6.07) is 9.04. The van der Waals surface area contributed by atoms with Gasteiger partial charge in [-0.25, -0.2) is 4.39 Å². The molecule has 1 unspecified atom stereocenters. The summed E-state index contributed by atoms with van der Waals surface area (Å²) in [5.41, 5.74) is 3.41. The van der Waals surface area contributed by atoms with Gasteiger partial charge >= 0.3 is 0 Å². The predicted octanol–water partition coefficient (Wildman–Crippen LogP) is 4.36. The second-order valence-electron chi connectivity index (χ2n) is 4.52. The van der Waals surface area contributed by atoms with Gasteiger partial charge in [0.05, 0.1) is 5.38 Å². The molecule has 1 aromatic carbocycles. The zero-order chi connectivity index (χ0) is 13.1. The van der Waals surface area contributed by atoms with E-state index < -0.39 is 0 Å². The molecule has 1 heterocycles. The molecule has 0 aliphatic carbocycles. The van der Waals surface area contributed by atoms with Crippen molar-refractivity contribution in [2.75, 3.05) is 0 Å². The Morgan fingerprint density at radius 1 is 1.17 bits per heavy atom. The molecule has 1 aromatic heterocycles. The van der Waals surface area contributed by atoms with E-state index in [1.165, 1.54) is 6.07 Å². The Kier molecular flexibility index (Phi) is 3.97. The van der Waals surface area contributed by atoms with Crippen LogP contribution in [0.15, 0.2) is 36.5 Å². The summed E-state index contributed by atoms with van der Waals surface area (Å²) >= 11 is 6.26. The van der Waals surface area contributed by atoms with Gasteiger partial charge in [-0.15, -0.1) is 11.6 Å². The van der Waals surface area contributed by atoms with Gasteiger partial charge < -0.3 is 0 Å². The van der Waals surface area contributed by atoms with Crippen LogP contribution in [0.5, 0.6) is 0 Å². The maximum Gasteiger partial charge on any atom is 0.128 e. The third-order valence-electron chi connectivity index (χ3n) is 2.85. The highest BCUT2D eigenvalue weighted by molar-refractivity contribution is 6.20. The van der Waals surface area contributed by atoms with Crippen LogP contribution in [0.25, 0.3) is 0 Å². The van der Waals surface area contributed by atoms with Crippen molar-refractivity contribution in [3.63, 3.8) is 0 Å². The molecule has 0 aliphatic heterocycles. The minimum absolute atomic E-state index is 0.248. The zero-order valence-corrected chi connectivity index (χ0v) is 11.2. The number of aromatic nitrogens is 1. The molecular formula is C15H15ClFN. The fraction of sp³-hybridized carbons (Fsp3) is 0.267. The molecule has 1 atom stereocenters. The topological polar surface area (TPSA) is 12.9 Å². The van der Waals surface area contributed by atoms with Crippen molar-refractivity contribution in [1.29, 1.82) is 0 Å². The summed E-state index contributed by atoms with van der Waals surface area (Å²) in [4.78, 5) is 4.28. The van der Waals surface area contributed by atoms with E-state index in [9.17, 15) is 4.39 Å². The average Bonchev–Trinajstić information content (AvgIpc) is 2.32. The predicted molar refractivity (Wildman–Crippen MR) is 72.4 cm³/mol. The van der Waals surface area contributed by atoms with Crippen molar-refractivity contribution < 1.29 is 4.39 Å². The van der Waals surface area contributed by atoms with Crippen LogP contribution in [0.1, 0.15) is 27.8 Å². The van der Waals surface area contributed by atoms with E-state index in [1.807, 2.05) is 32.0 Å². The second kappa shape index (κ2) is 5.49. The monoisotopic (exact) mass is 263 g/mol. The number of rotatable bonds is 3. The molecule has 3 heteroatoms. The SMILES string of the molecule is Cc1ccc(CC(Cl)c2ccc(C)cc2F)nc1. The molecule has 0 spiro atoms. The molecule has 0 bridgehead atoms. The van der Waals surface area contributed by atoms with Gasteiger partial charge in [0.1, 0.15) is 5.82 Å². The molecule has 94 valence electrons. The number of hydrogen-bond donors (Lipinski definition) is 0. The summed E-state index contributed by atoms with van der Waals surface area (Å²) < 4.78 is 13.8. The fourth-order valence-electron chi connectivity index (χ4n) is 1.80. The van der Waals surface area contributed by atoms with Gasteiger partial charge in [-0.2, -0.15) is 0 Å². The number of aryl methyl sites for hydroxylation is 2. The number of alkyl halides is 1. The molecule has 0 saturated heterocycles. The Balaban J connectivity index is 2.16. The van der Waals surface area contributed by atoms with Crippen molar-refractivity contribution >= 4 is 11.6 Å². The van der Waals surface area contributed by atoms with Crippen LogP contribution in [0.3, 0.4) is 0 Å². The van der Waals surface area contributed by atoms with Gasteiger partial charge in [0.15, 0.2) is 0 Å². The lowest BCUT2D eigenvalue weighted by Gasteiger charge is -2.11. The summed E-state index contributed by atoms with van der Waals surface area (Å²) in [5, 5.41) is -0.388. The molecule has 1 nitrogen and oxygen atoms in total. The van der Waals surface area contributed by atoms with Gasteiger partial charge in [-0.1, -0.05) is 18.2 Å². The van der Waals surface area contributed by atoms with Crippen molar-refractivity contribution in [2.24, 2.45) is 0 Å². The van der Waals surface area contributed by atoms with E-state index in [0.717, 1.165) is 16.8 Å². The highest BCUT2D eigenvalue weighted by atomic mass is 35.5. The Morgan fingerprint density at radius 2 is 1.89 bits per heavy atom. The van der Waals surface area contributed by atoms with E-state index in [4.69, 9.17) is 11.6 Å². The number of nitrogens with zero attached hydrogens (tertiary/aromatic N) is 1. The molecule has 0 fully saturated rings. The molecule has 2 rings (SSSR count). The molecule has 2 aromatic rings. The van der Waals surface area contributed by atoms with Crippen LogP contribution in [-0.4, -0.2) is 4.98 Å². The van der Waals surface area contributed by atoms with Gasteiger partial charge in [0.25, 0.3) is 0 Å². The molecule has 0 saturated carbocycles. The van der Waals surface area contributed by atoms with Crippen molar-refractivity contribution in [2.45, 2.75) is 25.6 Å². The first-order chi connectivity index (χ1) is 8.56. The van der Waals surface area contributed by atoms with E-state index in [0.29, 0.717) is 12.0 Å². The summed E-state index contributed by atoms with van der Waals surface area (Å²) in [5.74, 6) is -0.248. The summed E-state index contributed by atoms with van der Waals surface area (Å²) in [6.45, 7) is 3.84. The molecular weight excluding hydrogens is 249 g/mol. The maximum absolute atomic E-state index is 13.8. The molecule has 18 heavy (non-hydrogen) atoms. The Morgan fingerprint density at radius 3 is 2.50 bits per heavy atom. The first kappa shape index (κ1) is 13.0. The molecule has 0 radical (unpaired) electrons. The number of benzene rings is 1. The molecule has 0 amide bonds. The van der Waals surface area contributed by atoms with Crippen molar-refractivity contribution in [3.05, 3.63) is 64.7 Å². The smallest absolute Gasteiger partial charge is 0.128 e. The van der Waals surface area contributed by atoms with Crippen LogP contribution in [0.4, 0.5) is 4.39 Å². The van der Waals surface area contributed by atoms with E-state index in [2.05, 4.69) is 4.98 Å². The first-order valence-corrected chi connectivity index (χ1v) is 6.31. The second-order valence-corrected chi connectivity index (χ2v) is 5.05. The largest absolute Gasteiger partial charge is 0.261 e. The van der Waals surface area contributed by atoms with Gasteiger partial charge in [0, 0.05) is 23.9 Å². The van der Waals surface area contributed by atoms with Gasteiger partial charge in [-0.05, 0) is 37.1 Å². The van der Waals surface area contributed by atoms with Crippen LogP contribution >= 0.6 is 11.6 Å². The normalized spacial score (nSPS) is 12.4. The minimum atomic E-state index is -0.388. The number of pyridine rings is 1. The van der Waals surface area contributed by atoms with E-state index in [1.54, 1.807) is 12.3 Å². The highest BCUT2D eigenvalue weighted by Crippen LogP contribution is 2.27. The van der Waals surface area contributed by atoms with Crippen molar-refractivity contribution in [1.82, 2.24) is 4.98 Å². The van der Waals surface area contributed by atoms with Gasteiger partial charge in [0.2, 0.25) is 0 Å². The van der Waals surface area contributed by atoms with Crippen molar-refractivity contribution in [3.8, 4) is 0 Å². The third-order valence-corrected chi connectivity index (χ3v) is 3.24. The van der Waals surface area contributed by atoms with Crippen LogP contribution < -0.4 is 0 Å². The van der Waals surface area contributed by atoms with Gasteiger partial charge in [-0.3, -0.25) is 4.98 Å². The minimum Gasteiger partial charge on any atom is -0.261 e. The fourth-order valence-corrected chi connectivity index (χ4v) is 2.13. The van der Waals surface area contributed by atoms with E-state index >= 15 is 0 Å². The first-order valence-electron chi connectivity index (χ1n) is 5.88. The number of halogens is 2. The lowest BCUT2D eigenvalue weighted by atomic mass is 10.0. The Labute approximate surface area is 112 Å². The summed E-state index contributed by atoms with van der Waals surface area (Å²) in [7, 11) is 0. The lowest BCUT2D eigenvalue weighted by molar-refractivity contribution is 0.604. The standard InChI is InChI=1S/C15H15ClFN/c1-10-4-6-13(15(17)7-10)14(16)8-12-5-3-11(2)9-18-12/h3-7,9,14H,8H2,1-2H3. The third kappa shape index (κ3) is 3.08. The average molecular weight is 264 g/mol. The molecule has 0 aliphatic rings. The molecule has 0 N–H and O–H groups in total.